The molecular weight excluding hydrogens is 246 g/mol. The Morgan fingerprint density at radius 1 is 1.26 bits per heavy atom. The number of likely N-dealkylation sites (N-methyl/N-ethyl adjacent to an activating group) is 1. The zero-order valence-corrected chi connectivity index (χ0v) is 11.3. The third kappa shape index (κ3) is 5.42. The van der Waals surface area contributed by atoms with Crippen molar-refractivity contribution in [3.05, 3.63) is 29.8 Å². The van der Waals surface area contributed by atoms with E-state index in [1.54, 1.807) is 0 Å². The van der Waals surface area contributed by atoms with E-state index in [4.69, 9.17) is 9.84 Å². The number of carboxylic acid groups (broad SMARTS) is 1. The number of hydrogen-bond donors (Lipinski definition) is 1. The first-order chi connectivity index (χ1) is 9.02. The highest BCUT2D eigenvalue weighted by Crippen LogP contribution is 2.12. The van der Waals surface area contributed by atoms with Crippen molar-refractivity contribution >= 4 is 11.9 Å². The zero-order valence-electron chi connectivity index (χ0n) is 11.3. The number of rotatable bonds is 7. The van der Waals surface area contributed by atoms with E-state index in [1.807, 2.05) is 24.3 Å². The van der Waals surface area contributed by atoms with Gasteiger partial charge in [-0.3, -0.25) is 9.59 Å². The first kappa shape index (κ1) is 15.0. The molecule has 5 nitrogen and oxygen atoms in total. The molecule has 0 aliphatic carbocycles. The first-order valence-corrected chi connectivity index (χ1v) is 6.20. The number of hydrogen-bond acceptors (Lipinski definition) is 3. The van der Waals surface area contributed by atoms with E-state index >= 15 is 0 Å². The number of carbonyl (C=O) groups is 2. The van der Waals surface area contributed by atoms with Gasteiger partial charge in [-0.1, -0.05) is 19.1 Å². The number of nitrogens with zero attached hydrogens (tertiary/aromatic N) is 1. The Hall–Kier alpha value is -2.04. The van der Waals surface area contributed by atoms with Crippen LogP contribution in [0, 0.1) is 0 Å². The number of aliphatic carboxylic acids is 1. The van der Waals surface area contributed by atoms with Crippen LogP contribution in [0.1, 0.15) is 18.9 Å². The van der Waals surface area contributed by atoms with Crippen molar-refractivity contribution in [1.82, 2.24) is 4.90 Å². The number of aryl methyl sites for hydroxylation is 1. The Morgan fingerprint density at radius 2 is 1.89 bits per heavy atom. The fourth-order valence-electron chi connectivity index (χ4n) is 1.56. The lowest BCUT2D eigenvalue weighted by atomic mass is 10.2. The molecule has 1 amide bonds. The lowest BCUT2D eigenvalue weighted by Crippen LogP contribution is -2.32. The summed E-state index contributed by atoms with van der Waals surface area (Å²) in [5, 5.41) is 8.56. The van der Waals surface area contributed by atoms with Crippen molar-refractivity contribution in [2.75, 3.05) is 20.2 Å². The summed E-state index contributed by atoms with van der Waals surface area (Å²) < 4.78 is 5.44. The molecule has 0 atom stereocenters. The second-order valence-corrected chi connectivity index (χ2v) is 4.24. The molecule has 0 aliphatic rings. The molecule has 0 saturated carbocycles. The minimum Gasteiger partial charge on any atom is -0.493 e. The van der Waals surface area contributed by atoms with E-state index < -0.39 is 5.97 Å². The Bertz CT molecular complexity index is 428. The van der Waals surface area contributed by atoms with E-state index in [2.05, 4.69) is 6.92 Å². The summed E-state index contributed by atoms with van der Waals surface area (Å²) in [5.41, 5.74) is 1.23. The van der Waals surface area contributed by atoms with E-state index in [0.717, 1.165) is 6.42 Å². The van der Waals surface area contributed by atoms with Crippen LogP contribution < -0.4 is 4.74 Å². The van der Waals surface area contributed by atoms with Gasteiger partial charge in [0.05, 0.1) is 13.0 Å². The predicted octanol–water partition coefficient (Wildman–Crippen LogP) is 1.56. The number of amides is 1. The van der Waals surface area contributed by atoms with Gasteiger partial charge >= 0.3 is 5.97 Å². The first-order valence-electron chi connectivity index (χ1n) is 6.20. The van der Waals surface area contributed by atoms with Crippen LogP contribution in [0.4, 0.5) is 0 Å². The van der Waals surface area contributed by atoms with Crippen molar-refractivity contribution in [3.8, 4) is 5.75 Å². The second-order valence-electron chi connectivity index (χ2n) is 4.24. The molecule has 104 valence electrons. The van der Waals surface area contributed by atoms with Crippen molar-refractivity contribution in [3.63, 3.8) is 0 Å². The highest BCUT2D eigenvalue weighted by atomic mass is 16.5. The fraction of sp³-hybridized carbons (Fsp3) is 0.429. The highest BCUT2D eigenvalue weighted by Gasteiger charge is 2.11. The van der Waals surface area contributed by atoms with Crippen molar-refractivity contribution in [2.45, 2.75) is 19.8 Å². The van der Waals surface area contributed by atoms with Crippen molar-refractivity contribution < 1.29 is 19.4 Å². The highest BCUT2D eigenvalue weighted by molar-refractivity contribution is 5.81. The topological polar surface area (TPSA) is 66.8 Å². The molecule has 0 radical (unpaired) electrons. The molecule has 0 fully saturated rings. The summed E-state index contributed by atoms with van der Waals surface area (Å²) in [4.78, 5) is 23.2. The van der Waals surface area contributed by atoms with Gasteiger partial charge in [0.25, 0.3) is 0 Å². The van der Waals surface area contributed by atoms with Gasteiger partial charge in [-0.05, 0) is 24.1 Å². The van der Waals surface area contributed by atoms with Gasteiger partial charge in [-0.25, -0.2) is 0 Å². The molecule has 0 unspecified atom stereocenters. The minimum atomic E-state index is -1.02. The number of carboxylic acids is 1. The van der Waals surface area contributed by atoms with Crippen molar-refractivity contribution in [1.29, 1.82) is 0 Å². The van der Waals surface area contributed by atoms with Crippen LogP contribution in [0.25, 0.3) is 0 Å². The molecule has 1 N–H and O–H groups in total. The molecule has 0 aromatic heterocycles. The SMILES string of the molecule is CCc1ccc(OCCC(=O)N(C)CC(=O)O)cc1. The molecular formula is C14H19NO4. The minimum absolute atomic E-state index is 0.166. The van der Waals surface area contributed by atoms with Crippen LogP contribution in [0.3, 0.4) is 0 Å². The fourth-order valence-corrected chi connectivity index (χ4v) is 1.56. The van der Waals surface area contributed by atoms with Crippen LogP contribution in [0.15, 0.2) is 24.3 Å². The molecule has 1 aromatic carbocycles. The van der Waals surface area contributed by atoms with Crippen LogP contribution in [-0.4, -0.2) is 42.1 Å². The average molecular weight is 265 g/mol. The third-order valence-electron chi connectivity index (χ3n) is 2.71. The monoisotopic (exact) mass is 265 g/mol. The Morgan fingerprint density at radius 3 is 2.42 bits per heavy atom. The van der Waals surface area contributed by atoms with Gasteiger partial charge in [-0.15, -0.1) is 0 Å². The standard InChI is InChI=1S/C14H19NO4/c1-3-11-4-6-12(7-5-11)19-9-8-13(16)15(2)10-14(17)18/h4-7H,3,8-10H2,1-2H3,(H,17,18). The third-order valence-corrected chi connectivity index (χ3v) is 2.71. The van der Waals surface area contributed by atoms with Crippen LogP contribution in [-0.2, 0) is 16.0 Å². The van der Waals surface area contributed by atoms with Crippen LogP contribution >= 0.6 is 0 Å². The largest absolute Gasteiger partial charge is 0.493 e. The van der Waals surface area contributed by atoms with Gasteiger partial charge in [-0.2, -0.15) is 0 Å². The summed E-state index contributed by atoms with van der Waals surface area (Å²) >= 11 is 0. The average Bonchev–Trinajstić information content (AvgIpc) is 2.38. The lowest BCUT2D eigenvalue weighted by molar-refractivity contribution is -0.143. The summed E-state index contributed by atoms with van der Waals surface area (Å²) in [7, 11) is 1.46. The molecule has 1 aromatic rings. The summed E-state index contributed by atoms with van der Waals surface area (Å²) in [6, 6.07) is 7.69. The molecule has 5 heteroatoms. The van der Waals surface area contributed by atoms with Gasteiger partial charge in [0.1, 0.15) is 12.3 Å². The van der Waals surface area contributed by atoms with Gasteiger partial charge in [0.2, 0.25) is 5.91 Å². The van der Waals surface area contributed by atoms with E-state index in [0.29, 0.717) is 5.75 Å². The maximum absolute atomic E-state index is 11.6. The lowest BCUT2D eigenvalue weighted by Gasteiger charge is -2.14. The van der Waals surface area contributed by atoms with E-state index in [1.165, 1.54) is 17.5 Å². The molecule has 0 saturated heterocycles. The van der Waals surface area contributed by atoms with Crippen molar-refractivity contribution in [2.24, 2.45) is 0 Å². The summed E-state index contributed by atoms with van der Waals surface area (Å²) in [5.74, 6) is -0.551. The molecule has 0 aliphatic heterocycles. The van der Waals surface area contributed by atoms with Crippen LogP contribution in [0.5, 0.6) is 5.75 Å². The van der Waals surface area contributed by atoms with Gasteiger partial charge in [0.15, 0.2) is 0 Å². The Balaban J connectivity index is 2.32. The van der Waals surface area contributed by atoms with E-state index in [-0.39, 0.29) is 25.5 Å². The Labute approximate surface area is 112 Å². The van der Waals surface area contributed by atoms with E-state index in [9.17, 15) is 9.59 Å². The predicted molar refractivity (Wildman–Crippen MR) is 71.2 cm³/mol. The quantitative estimate of drug-likeness (QED) is 0.812. The molecule has 1 rings (SSSR count). The number of carbonyl (C=O) groups excluding carboxylic acids is 1. The van der Waals surface area contributed by atoms with Gasteiger partial charge in [0, 0.05) is 7.05 Å². The Kier molecular flexibility index (Phi) is 5.85. The van der Waals surface area contributed by atoms with Crippen LogP contribution in [0.2, 0.25) is 0 Å². The normalized spacial score (nSPS) is 10.0. The smallest absolute Gasteiger partial charge is 0.323 e. The zero-order chi connectivity index (χ0) is 14.3. The number of benzene rings is 1. The summed E-state index contributed by atoms with van der Waals surface area (Å²) in [6.07, 6.45) is 1.14. The maximum atomic E-state index is 11.6. The maximum Gasteiger partial charge on any atom is 0.323 e. The summed E-state index contributed by atoms with van der Waals surface area (Å²) in [6.45, 7) is 2.03. The number of ether oxygens (including phenoxy) is 1. The molecule has 0 heterocycles. The second kappa shape index (κ2) is 7.41. The molecule has 19 heavy (non-hydrogen) atoms. The van der Waals surface area contributed by atoms with Gasteiger partial charge < -0.3 is 14.7 Å². The molecule has 0 bridgehead atoms. The molecule has 0 spiro atoms.